The number of nitrogens with one attached hydrogen (secondary N) is 1. The molecule has 1 N–H and O–H groups in total. The van der Waals surface area contributed by atoms with Gasteiger partial charge < -0.3 is 10.1 Å². The van der Waals surface area contributed by atoms with Gasteiger partial charge >= 0.3 is 0 Å². The Hall–Kier alpha value is -1.51. The summed E-state index contributed by atoms with van der Waals surface area (Å²) in [6.07, 6.45) is 16.3. The average Bonchev–Trinajstić information content (AvgIpc) is 2.60. The molecule has 0 saturated heterocycles. The lowest BCUT2D eigenvalue weighted by atomic mass is 10.1. The lowest BCUT2D eigenvalue weighted by Gasteiger charge is -2.07. The van der Waals surface area contributed by atoms with E-state index in [4.69, 9.17) is 4.74 Å². The molecule has 25 heavy (non-hydrogen) atoms. The summed E-state index contributed by atoms with van der Waals surface area (Å²) in [4.78, 5) is 11.0. The predicted molar refractivity (Wildman–Crippen MR) is 107 cm³/mol. The highest BCUT2D eigenvalue weighted by atomic mass is 16.5. The molecule has 3 heteroatoms. The Labute approximate surface area is 154 Å². The van der Waals surface area contributed by atoms with Gasteiger partial charge in [0.25, 0.3) is 0 Å². The first-order valence-electron chi connectivity index (χ1n) is 10.2. The fourth-order valence-electron chi connectivity index (χ4n) is 2.97. The van der Waals surface area contributed by atoms with Crippen molar-refractivity contribution in [3.63, 3.8) is 0 Å². The van der Waals surface area contributed by atoms with Crippen LogP contribution in [0.25, 0.3) is 0 Å². The summed E-state index contributed by atoms with van der Waals surface area (Å²) in [6.45, 7) is 4.56. The number of anilines is 1. The standard InChI is InChI=1S/C22H37NO2/c1-3-4-5-6-7-8-9-10-11-12-13-14-19-25-22-17-15-21(16-18-22)23-20(2)24/h15-18H,3-14,19H2,1-2H3,(H,23,24). The fraction of sp³-hybridized carbons (Fsp3) is 0.682. The zero-order valence-corrected chi connectivity index (χ0v) is 16.3. The van der Waals surface area contributed by atoms with Crippen LogP contribution >= 0.6 is 0 Å². The minimum Gasteiger partial charge on any atom is -0.494 e. The van der Waals surface area contributed by atoms with E-state index in [1.165, 1.54) is 77.6 Å². The first kappa shape index (κ1) is 21.5. The average molecular weight is 348 g/mol. The van der Waals surface area contributed by atoms with Gasteiger partial charge in [-0.25, -0.2) is 0 Å². The van der Waals surface area contributed by atoms with Crippen LogP contribution < -0.4 is 10.1 Å². The molecule has 142 valence electrons. The second kappa shape index (κ2) is 14.8. The van der Waals surface area contributed by atoms with Gasteiger partial charge in [-0.2, -0.15) is 0 Å². The summed E-state index contributed by atoms with van der Waals surface area (Å²) >= 11 is 0. The molecule has 0 atom stereocenters. The zero-order valence-electron chi connectivity index (χ0n) is 16.3. The number of ether oxygens (including phenoxy) is 1. The summed E-state index contributed by atoms with van der Waals surface area (Å²) in [5.41, 5.74) is 0.810. The van der Waals surface area contributed by atoms with Gasteiger partial charge in [-0.15, -0.1) is 0 Å². The van der Waals surface area contributed by atoms with E-state index in [9.17, 15) is 4.79 Å². The van der Waals surface area contributed by atoms with E-state index >= 15 is 0 Å². The van der Waals surface area contributed by atoms with Crippen molar-refractivity contribution in [1.82, 2.24) is 0 Å². The number of carbonyl (C=O) groups excluding carboxylic acids is 1. The second-order valence-corrected chi connectivity index (χ2v) is 6.94. The maximum atomic E-state index is 11.0. The number of unbranched alkanes of at least 4 members (excludes halogenated alkanes) is 11. The van der Waals surface area contributed by atoms with E-state index in [0.29, 0.717) is 0 Å². The predicted octanol–water partition coefficient (Wildman–Crippen LogP) is 6.72. The van der Waals surface area contributed by atoms with Crippen molar-refractivity contribution in [3.8, 4) is 5.75 Å². The fourth-order valence-corrected chi connectivity index (χ4v) is 2.97. The number of amides is 1. The Morgan fingerprint density at radius 3 is 1.76 bits per heavy atom. The van der Waals surface area contributed by atoms with Crippen LogP contribution in [0.1, 0.15) is 90.9 Å². The van der Waals surface area contributed by atoms with E-state index in [0.717, 1.165) is 24.5 Å². The third-order valence-corrected chi connectivity index (χ3v) is 4.44. The smallest absolute Gasteiger partial charge is 0.221 e. The number of benzene rings is 1. The van der Waals surface area contributed by atoms with Crippen LogP contribution in [0.15, 0.2) is 24.3 Å². The Balaban J connectivity index is 1.89. The third kappa shape index (κ3) is 12.5. The summed E-state index contributed by atoms with van der Waals surface area (Å²) in [5, 5.41) is 2.75. The maximum absolute atomic E-state index is 11.0. The number of hydrogen-bond acceptors (Lipinski definition) is 2. The molecule has 3 nitrogen and oxygen atoms in total. The van der Waals surface area contributed by atoms with Crippen molar-refractivity contribution in [2.24, 2.45) is 0 Å². The van der Waals surface area contributed by atoms with E-state index in [-0.39, 0.29) is 5.91 Å². The van der Waals surface area contributed by atoms with Crippen LogP contribution in [-0.4, -0.2) is 12.5 Å². The second-order valence-electron chi connectivity index (χ2n) is 6.94. The zero-order chi connectivity index (χ0) is 18.2. The van der Waals surface area contributed by atoms with Crippen LogP contribution in [-0.2, 0) is 4.79 Å². The van der Waals surface area contributed by atoms with Crippen LogP contribution in [0.4, 0.5) is 5.69 Å². The molecule has 0 aliphatic rings. The van der Waals surface area contributed by atoms with Crippen LogP contribution in [0.2, 0.25) is 0 Å². The Morgan fingerprint density at radius 2 is 1.28 bits per heavy atom. The van der Waals surface area contributed by atoms with E-state index in [1.54, 1.807) is 0 Å². The molecular formula is C22H37NO2. The van der Waals surface area contributed by atoms with Gasteiger partial charge in [0.2, 0.25) is 5.91 Å². The lowest BCUT2D eigenvalue weighted by Crippen LogP contribution is -2.05. The number of rotatable bonds is 15. The van der Waals surface area contributed by atoms with E-state index in [1.807, 2.05) is 24.3 Å². The summed E-state index contributed by atoms with van der Waals surface area (Å²) in [7, 11) is 0. The van der Waals surface area contributed by atoms with Gasteiger partial charge in [0.05, 0.1) is 6.61 Å². The number of carbonyl (C=O) groups is 1. The van der Waals surface area contributed by atoms with Gasteiger partial charge in [0, 0.05) is 12.6 Å². The monoisotopic (exact) mass is 347 g/mol. The topological polar surface area (TPSA) is 38.3 Å². The molecule has 1 aromatic rings. The molecule has 1 aromatic carbocycles. The molecule has 0 spiro atoms. The normalized spacial score (nSPS) is 10.6. The molecule has 0 bridgehead atoms. The first-order valence-corrected chi connectivity index (χ1v) is 10.2. The summed E-state index contributed by atoms with van der Waals surface area (Å²) in [6, 6.07) is 7.57. The van der Waals surface area contributed by atoms with E-state index < -0.39 is 0 Å². The molecule has 1 rings (SSSR count). The van der Waals surface area contributed by atoms with Crippen molar-refractivity contribution in [1.29, 1.82) is 0 Å². The Bertz CT molecular complexity index is 442. The van der Waals surface area contributed by atoms with Gasteiger partial charge in [-0.1, -0.05) is 77.6 Å². The van der Waals surface area contributed by atoms with Crippen LogP contribution in [0.3, 0.4) is 0 Å². The quantitative estimate of drug-likeness (QED) is 0.357. The SMILES string of the molecule is CCCCCCCCCCCCCCOc1ccc(NC(C)=O)cc1. The minimum atomic E-state index is -0.0508. The molecule has 1 amide bonds. The molecule has 0 radical (unpaired) electrons. The van der Waals surface area contributed by atoms with Crippen molar-refractivity contribution in [2.75, 3.05) is 11.9 Å². The molecule has 0 aromatic heterocycles. The summed E-state index contributed by atoms with van der Waals surface area (Å²) in [5.74, 6) is 0.822. The molecule has 0 aliphatic heterocycles. The van der Waals surface area contributed by atoms with Crippen LogP contribution in [0.5, 0.6) is 5.75 Å². The summed E-state index contributed by atoms with van der Waals surface area (Å²) < 4.78 is 5.75. The molecule has 0 heterocycles. The highest BCUT2D eigenvalue weighted by Gasteiger charge is 1.98. The van der Waals surface area contributed by atoms with Gasteiger partial charge in [0.15, 0.2) is 0 Å². The molecule has 0 saturated carbocycles. The highest BCUT2D eigenvalue weighted by Crippen LogP contribution is 2.16. The van der Waals surface area contributed by atoms with Crippen molar-refractivity contribution < 1.29 is 9.53 Å². The van der Waals surface area contributed by atoms with Gasteiger partial charge in [0.1, 0.15) is 5.75 Å². The van der Waals surface area contributed by atoms with E-state index in [2.05, 4.69) is 12.2 Å². The molecule has 0 aliphatic carbocycles. The highest BCUT2D eigenvalue weighted by molar-refractivity contribution is 5.88. The largest absolute Gasteiger partial charge is 0.494 e. The molecule has 0 fully saturated rings. The van der Waals surface area contributed by atoms with Crippen molar-refractivity contribution in [2.45, 2.75) is 90.9 Å². The number of hydrogen-bond donors (Lipinski definition) is 1. The third-order valence-electron chi connectivity index (χ3n) is 4.44. The Morgan fingerprint density at radius 1 is 0.800 bits per heavy atom. The molecule has 0 unspecified atom stereocenters. The van der Waals surface area contributed by atoms with Crippen molar-refractivity contribution >= 4 is 11.6 Å². The van der Waals surface area contributed by atoms with Crippen molar-refractivity contribution in [3.05, 3.63) is 24.3 Å². The van der Waals surface area contributed by atoms with Gasteiger partial charge in [-0.05, 0) is 30.7 Å². The maximum Gasteiger partial charge on any atom is 0.221 e. The van der Waals surface area contributed by atoms with Crippen LogP contribution in [0, 0.1) is 0 Å². The van der Waals surface area contributed by atoms with Gasteiger partial charge in [-0.3, -0.25) is 4.79 Å². The lowest BCUT2D eigenvalue weighted by molar-refractivity contribution is -0.114. The minimum absolute atomic E-state index is 0.0508. The first-order chi connectivity index (χ1) is 12.2. The molecular weight excluding hydrogens is 310 g/mol. The Kier molecular flexibility index (Phi) is 12.7.